The molecular formula is C20H13N3O. The molecule has 0 saturated heterocycles. The van der Waals surface area contributed by atoms with Crippen LogP contribution in [0.3, 0.4) is 0 Å². The molecule has 0 bridgehead atoms. The van der Waals surface area contributed by atoms with Crippen molar-refractivity contribution >= 4 is 22.5 Å². The second-order valence-corrected chi connectivity index (χ2v) is 5.34. The molecule has 4 aromatic rings. The number of nitrogens with zero attached hydrogens (tertiary/aromatic N) is 2. The van der Waals surface area contributed by atoms with Gasteiger partial charge in [-0.25, -0.2) is 4.98 Å². The van der Waals surface area contributed by atoms with Gasteiger partial charge in [0.25, 0.3) is 6.01 Å². The maximum Gasteiger partial charge on any atom is 0.299 e. The van der Waals surface area contributed by atoms with Crippen molar-refractivity contribution in [3.05, 3.63) is 78.5 Å². The number of hydrogen-bond acceptors (Lipinski definition) is 4. The van der Waals surface area contributed by atoms with E-state index < -0.39 is 0 Å². The molecule has 114 valence electrons. The largest absolute Gasteiger partial charge is 0.423 e. The van der Waals surface area contributed by atoms with E-state index in [4.69, 9.17) is 9.68 Å². The van der Waals surface area contributed by atoms with Crippen molar-refractivity contribution in [3.63, 3.8) is 0 Å². The quantitative estimate of drug-likeness (QED) is 0.571. The Kier molecular flexibility index (Phi) is 3.45. The van der Waals surface area contributed by atoms with Crippen LogP contribution in [0.25, 0.3) is 22.1 Å². The van der Waals surface area contributed by atoms with E-state index in [0.717, 1.165) is 16.3 Å². The van der Waals surface area contributed by atoms with Crippen LogP contribution in [-0.2, 0) is 0 Å². The van der Waals surface area contributed by atoms with Gasteiger partial charge in [0, 0.05) is 5.56 Å². The van der Waals surface area contributed by atoms with Gasteiger partial charge in [-0.1, -0.05) is 54.6 Å². The summed E-state index contributed by atoms with van der Waals surface area (Å²) >= 11 is 0. The molecule has 4 heteroatoms. The number of aromatic nitrogens is 1. The predicted octanol–water partition coefficient (Wildman–Crippen LogP) is 5.11. The third kappa shape index (κ3) is 2.49. The molecule has 0 saturated carbocycles. The highest BCUT2D eigenvalue weighted by atomic mass is 16.4. The van der Waals surface area contributed by atoms with Gasteiger partial charge >= 0.3 is 0 Å². The highest BCUT2D eigenvalue weighted by Gasteiger charge is 2.10. The maximum atomic E-state index is 9.16. The second kappa shape index (κ2) is 5.90. The molecular weight excluding hydrogens is 298 g/mol. The van der Waals surface area contributed by atoms with E-state index in [-0.39, 0.29) is 0 Å². The summed E-state index contributed by atoms with van der Waals surface area (Å²) in [5.74, 6) is 0.684. The van der Waals surface area contributed by atoms with Crippen LogP contribution in [-0.4, -0.2) is 4.98 Å². The van der Waals surface area contributed by atoms with Crippen LogP contribution in [0.2, 0.25) is 0 Å². The van der Waals surface area contributed by atoms with Gasteiger partial charge in [-0.2, -0.15) is 5.26 Å². The molecule has 0 radical (unpaired) electrons. The lowest BCUT2D eigenvalue weighted by molar-refractivity contribution is 0.592. The zero-order chi connectivity index (χ0) is 16.4. The monoisotopic (exact) mass is 311 g/mol. The number of anilines is 2. The van der Waals surface area contributed by atoms with E-state index in [0.29, 0.717) is 23.0 Å². The molecule has 4 nitrogen and oxygen atoms in total. The Morgan fingerprint density at radius 2 is 1.71 bits per heavy atom. The molecule has 0 amide bonds. The zero-order valence-corrected chi connectivity index (χ0v) is 12.7. The van der Waals surface area contributed by atoms with Gasteiger partial charge in [0.2, 0.25) is 0 Å². The zero-order valence-electron chi connectivity index (χ0n) is 12.7. The number of rotatable bonds is 3. The van der Waals surface area contributed by atoms with Crippen LogP contribution in [0.5, 0.6) is 0 Å². The molecule has 1 N–H and O–H groups in total. The van der Waals surface area contributed by atoms with Gasteiger partial charge in [0.15, 0.2) is 5.76 Å². The second-order valence-electron chi connectivity index (χ2n) is 5.34. The van der Waals surface area contributed by atoms with Gasteiger partial charge in [-0.15, -0.1) is 0 Å². The normalized spacial score (nSPS) is 10.5. The first-order chi connectivity index (χ1) is 11.8. The fourth-order valence-corrected chi connectivity index (χ4v) is 2.70. The van der Waals surface area contributed by atoms with Crippen molar-refractivity contribution in [2.75, 3.05) is 5.32 Å². The van der Waals surface area contributed by atoms with Crippen LogP contribution in [0, 0.1) is 11.3 Å². The van der Waals surface area contributed by atoms with E-state index in [1.54, 1.807) is 12.3 Å². The highest BCUT2D eigenvalue weighted by Crippen LogP contribution is 2.31. The van der Waals surface area contributed by atoms with Crippen LogP contribution in [0.1, 0.15) is 5.56 Å². The summed E-state index contributed by atoms with van der Waals surface area (Å²) in [7, 11) is 0. The van der Waals surface area contributed by atoms with Gasteiger partial charge < -0.3 is 9.73 Å². The molecule has 0 aliphatic heterocycles. The van der Waals surface area contributed by atoms with E-state index in [2.05, 4.69) is 34.6 Å². The molecule has 0 spiro atoms. The SMILES string of the molecule is N#Cc1ccccc1Nc1ncc(-c2cccc3ccccc23)o1. The number of para-hydroxylation sites is 1. The first-order valence-corrected chi connectivity index (χ1v) is 7.55. The Bertz CT molecular complexity index is 1050. The van der Waals surface area contributed by atoms with Crippen molar-refractivity contribution in [1.82, 2.24) is 4.98 Å². The third-order valence-corrected chi connectivity index (χ3v) is 3.85. The number of benzene rings is 3. The van der Waals surface area contributed by atoms with Crippen LogP contribution >= 0.6 is 0 Å². The minimum Gasteiger partial charge on any atom is -0.423 e. The molecule has 24 heavy (non-hydrogen) atoms. The lowest BCUT2D eigenvalue weighted by Gasteiger charge is -2.04. The lowest BCUT2D eigenvalue weighted by atomic mass is 10.0. The topological polar surface area (TPSA) is 61.9 Å². The Balaban J connectivity index is 1.71. The van der Waals surface area contributed by atoms with Crippen LogP contribution in [0.4, 0.5) is 11.7 Å². The van der Waals surface area contributed by atoms with Gasteiger partial charge in [-0.05, 0) is 22.9 Å². The number of fused-ring (bicyclic) bond motifs is 1. The third-order valence-electron chi connectivity index (χ3n) is 3.85. The highest BCUT2D eigenvalue weighted by molar-refractivity contribution is 5.95. The molecule has 1 aromatic heterocycles. The summed E-state index contributed by atoms with van der Waals surface area (Å²) in [5.41, 5.74) is 2.20. The fraction of sp³-hybridized carbons (Fsp3) is 0. The van der Waals surface area contributed by atoms with E-state index in [1.807, 2.05) is 42.5 Å². The number of nitrogens with one attached hydrogen (secondary N) is 1. The molecule has 0 aliphatic carbocycles. The summed E-state index contributed by atoms with van der Waals surface area (Å²) in [4.78, 5) is 4.28. The van der Waals surface area contributed by atoms with Crippen molar-refractivity contribution in [3.8, 4) is 17.4 Å². The fourth-order valence-electron chi connectivity index (χ4n) is 2.70. The molecule has 0 atom stereocenters. The average molecular weight is 311 g/mol. The first kappa shape index (κ1) is 14.0. The minimum atomic E-state index is 0.362. The standard InChI is InChI=1S/C20H13N3O/c21-12-15-7-2-4-11-18(15)23-20-22-13-19(24-20)17-10-5-8-14-6-1-3-9-16(14)17/h1-11,13H,(H,22,23). The molecule has 0 unspecified atom stereocenters. The summed E-state index contributed by atoms with van der Waals surface area (Å²) in [6, 6.07) is 24.0. The minimum absolute atomic E-state index is 0.362. The first-order valence-electron chi connectivity index (χ1n) is 7.55. The molecule has 1 heterocycles. The van der Waals surface area contributed by atoms with Crippen molar-refractivity contribution < 1.29 is 4.42 Å². The number of hydrogen-bond donors (Lipinski definition) is 1. The van der Waals surface area contributed by atoms with Gasteiger partial charge in [0.1, 0.15) is 6.07 Å². The Morgan fingerprint density at radius 3 is 2.62 bits per heavy atom. The number of oxazole rings is 1. The Hall–Kier alpha value is -3.58. The summed E-state index contributed by atoms with van der Waals surface area (Å²) in [6.07, 6.45) is 1.69. The number of nitriles is 1. The lowest BCUT2D eigenvalue weighted by Crippen LogP contribution is -1.92. The Labute approximate surface area is 139 Å². The van der Waals surface area contributed by atoms with Crippen molar-refractivity contribution in [2.24, 2.45) is 0 Å². The van der Waals surface area contributed by atoms with E-state index in [9.17, 15) is 0 Å². The Morgan fingerprint density at radius 1 is 0.917 bits per heavy atom. The maximum absolute atomic E-state index is 9.16. The van der Waals surface area contributed by atoms with Gasteiger partial charge in [0.05, 0.1) is 17.4 Å². The molecule has 0 aliphatic rings. The summed E-state index contributed by atoms with van der Waals surface area (Å²) in [5, 5.41) is 14.5. The smallest absolute Gasteiger partial charge is 0.299 e. The van der Waals surface area contributed by atoms with Crippen LogP contribution in [0.15, 0.2) is 77.3 Å². The van der Waals surface area contributed by atoms with Crippen LogP contribution < -0.4 is 5.32 Å². The average Bonchev–Trinajstić information content (AvgIpc) is 3.10. The van der Waals surface area contributed by atoms with Gasteiger partial charge in [-0.3, -0.25) is 0 Å². The summed E-state index contributed by atoms with van der Waals surface area (Å²) in [6.45, 7) is 0. The van der Waals surface area contributed by atoms with Crippen molar-refractivity contribution in [2.45, 2.75) is 0 Å². The molecule has 3 aromatic carbocycles. The van der Waals surface area contributed by atoms with E-state index in [1.165, 1.54) is 0 Å². The summed E-state index contributed by atoms with van der Waals surface area (Å²) < 4.78 is 5.85. The predicted molar refractivity (Wildman–Crippen MR) is 93.9 cm³/mol. The molecule has 0 fully saturated rings. The van der Waals surface area contributed by atoms with E-state index >= 15 is 0 Å². The molecule has 4 rings (SSSR count). The van der Waals surface area contributed by atoms with Crippen molar-refractivity contribution in [1.29, 1.82) is 5.26 Å².